The van der Waals surface area contributed by atoms with E-state index in [1.54, 1.807) is 0 Å². The Kier molecular flexibility index (Phi) is 58.1. The van der Waals surface area contributed by atoms with Crippen LogP contribution in [-0.4, -0.2) is 193 Å². The van der Waals surface area contributed by atoms with Gasteiger partial charge in [-0.25, -0.2) is 0 Å². The Morgan fingerprint density at radius 3 is 1.02 bits per heavy atom. The van der Waals surface area contributed by atoms with Crippen LogP contribution in [0.15, 0.2) is 36.5 Å². The molecular weight excluding hydrogens is 1290 g/mol. The van der Waals surface area contributed by atoms with E-state index in [0.717, 1.165) is 70.6 Å². The molecule has 3 saturated heterocycles. The molecule has 101 heavy (non-hydrogen) atoms. The van der Waals surface area contributed by atoms with E-state index >= 15 is 0 Å². The SMILES string of the molecule is CCCCCCC/C=C\C/C=C\C/C=C\CCCCCCCCCCC(=O)NC(COC1OC(CO)C(OC2OC(CO)C(OC3OC(CO)C(O)C(O)C3O)C(O)C2O)C(O)C1O)C(O)CCCCCCCCCCCCCCCCCCCCCCCCCCCCCCCCCCC. The lowest BCUT2D eigenvalue weighted by Gasteiger charge is -2.48. The van der Waals surface area contributed by atoms with Crippen molar-refractivity contribution in [2.45, 2.75) is 452 Å². The highest BCUT2D eigenvalue weighted by molar-refractivity contribution is 5.76. The number of hydrogen-bond acceptors (Lipinski definition) is 18. The molecule has 0 aromatic rings. The molecule has 3 aliphatic rings. The number of rotatable bonds is 67. The highest BCUT2D eigenvalue weighted by Crippen LogP contribution is 2.33. The lowest BCUT2D eigenvalue weighted by molar-refractivity contribution is -0.379. The molecule has 12 N–H and O–H groups in total. The zero-order valence-electron chi connectivity index (χ0n) is 63.7. The summed E-state index contributed by atoms with van der Waals surface area (Å²) in [4.78, 5) is 13.5. The Hall–Kier alpha value is -1.99. The Morgan fingerprint density at radius 2 is 0.653 bits per heavy atom. The third-order valence-electron chi connectivity index (χ3n) is 21.0. The number of aliphatic hydroxyl groups excluding tert-OH is 11. The van der Waals surface area contributed by atoms with Crippen molar-refractivity contribution < 1.29 is 89.4 Å². The number of nitrogens with one attached hydrogen (secondary N) is 1. The van der Waals surface area contributed by atoms with E-state index in [2.05, 4.69) is 55.6 Å². The maximum absolute atomic E-state index is 13.5. The molecule has 3 rings (SSSR count). The van der Waals surface area contributed by atoms with E-state index in [1.807, 2.05) is 0 Å². The second-order valence-corrected chi connectivity index (χ2v) is 29.9. The lowest BCUT2D eigenvalue weighted by atomic mass is 9.96. The highest BCUT2D eigenvalue weighted by atomic mass is 16.8. The van der Waals surface area contributed by atoms with Crippen LogP contribution >= 0.6 is 0 Å². The number of hydrogen-bond donors (Lipinski definition) is 12. The molecule has 3 fully saturated rings. The van der Waals surface area contributed by atoms with Crippen molar-refractivity contribution in [3.63, 3.8) is 0 Å². The molecule has 0 aromatic carbocycles. The van der Waals surface area contributed by atoms with Crippen LogP contribution in [0, 0.1) is 0 Å². The highest BCUT2D eigenvalue weighted by Gasteiger charge is 2.54. The van der Waals surface area contributed by atoms with Gasteiger partial charge in [0, 0.05) is 6.42 Å². The van der Waals surface area contributed by atoms with E-state index in [0.29, 0.717) is 12.8 Å². The van der Waals surface area contributed by atoms with Crippen LogP contribution in [0.25, 0.3) is 0 Å². The average Bonchev–Trinajstić information content (AvgIpc) is 0.782. The zero-order chi connectivity index (χ0) is 73.2. The van der Waals surface area contributed by atoms with E-state index in [1.165, 1.54) is 244 Å². The van der Waals surface area contributed by atoms with Gasteiger partial charge in [0.15, 0.2) is 18.9 Å². The van der Waals surface area contributed by atoms with Crippen LogP contribution in [0.3, 0.4) is 0 Å². The Bertz CT molecular complexity index is 1960. The number of ether oxygens (including phenoxy) is 6. The van der Waals surface area contributed by atoms with Gasteiger partial charge in [-0.05, 0) is 51.4 Å². The third-order valence-corrected chi connectivity index (χ3v) is 21.0. The van der Waals surface area contributed by atoms with Crippen LogP contribution in [0.4, 0.5) is 0 Å². The van der Waals surface area contributed by atoms with E-state index in [9.17, 15) is 61.0 Å². The molecule has 0 bridgehead atoms. The molecule has 19 heteroatoms. The van der Waals surface area contributed by atoms with Crippen molar-refractivity contribution in [2.24, 2.45) is 0 Å². The number of unbranched alkanes of at least 4 members (excludes halogenated alkanes) is 45. The van der Waals surface area contributed by atoms with E-state index in [4.69, 9.17) is 28.4 Å². The second kappa shape index (κ2) is 63.0. The first-order chi connectivity index (χ1) is 49.3. The minimum atomic E-state index is -1.97. The molecule has 0 radical (unpaired) electrons. The predicted octanol–water partition coefficient (Wildman–Crippen LogP) is 14.3. The van der Waals surface area contributed by atoms with Crippen molar-refractivity contribution in [3.8, 4) is 0 Å². The summed E-state index contributed by atoms with van der Waals surface area (Å²) in [5, 5.41) is 121. The van der Waals surface area contributed by atoms with Crippen molar-refractivity contribution in [2.75, 3.05) is 26.4 Å². The maximum atomic E-state index is 13.5. The second-order valence-electron chi connectivity index (χ2n) is 29.9. The molecule has 19 nitrogen and oxygen atoms in total. The number of aliphatic hydroxyl groups is 11. The molecule has 0 aromatic heterocycles. The molecule has 17 atom stereocenters. The first-order valence-corrected chi connectivity index (χ1v) is 41.7. The Balaban J connectivity index is 1.35. The van der Waals surface area contributed by atoms with E-state index in [-0.39, 0.29) is 18.9 Å². The normalized spacial score (nSPS) is 26.4. The molecule has 594 valence electrons. The molecule has 3 heterocycles. The average molecular weight is 1440 g/mol. The van der Waals surface area contributed by atoms with E-state index < -0.39 is 124 Å². The smallest absolute Gasteiger partial charge is 0.220 e. The van der Waals surface area contributed by atoms with Gasteiger partial charge < -0.3 is 89.9 Å². The first kappa shape index (κ1) is 93.2. The van der Waals surface area contributed by atoms with Crippen molar-refractivity contribution in [3.05, 3.63) is 36.5 Å². The lowest BCUT2D eigenvalue weighted by Crippen LogP contribution is -2.66. The van der Waals surface area contributed by atoms with Gasteiger partial charge in [-0.15, -0.1) is 0 Å². The summed E-state index contributed by atoms with van der Waals surface area (Å²) in [7, 11) is 0. The van der Waals surface area contributed by atoms with Crippen molar-refractivity contribution in [1.82, 2.24) is 5.32 Å². The van der Waals surface area contributed by atoms with Gasteiger partial charge >= 0.3 is 0 Å². The number of allylic oxidation sites excluding steroid dienone is 6. The molecule has 0 aliphatic carbocycles. The zero-order valence-corrected chi connectivity index (χ0v) is 63.7. The third kappa shape index (κ3) is 43.0. The van der Waals surface area contributed by atoms with Crippen LogP contribution < -0.4 is 5.32 Å². The summed E-state index contributed by atoms with van der Waals surface area (Å²) < 4.78 is 34.5. The summed E-state index contributed by atoms with van der Waals surface area (Å²) in [5.74, 6) is -0.246. The van der Waals surface area contributed by atoms with Gasteiger partial charge in [0.05, 0.1) is 38.6 Å². The molecular formula is C82H153NO18. The fourth-order valence-electron chi connectivity index (χ4n) is 14.3. The van der Waals surface area contributed by atoms with Crippen molar-refractivity contribution in [1.29, 1.82) is 0 Å². The van der Waals surface area contributed by atoms with Gasteiger partial charge in [-0.3, -0.25) is 4.79 Å². The number of carbonyl (C=O) groups is 1. The monoisotopic (exact) mass is 1440 g/mol. The fourth-order valence-corrected chi connectivity index (χ4v) is 14.3. The molecule has 1 amide bonds. The van der Waals surface area contributed by atoms with Crippen LogP contribution in [0.2, 0.25) is 0 Å². The largest absolute Gasteiger partial charge is 0.394 e. The minimum absolute atomic E-state index is 0.246. The first-order valence-electron chi connectivity index (χ1n) is 41.7. The summed E-state index contributed by atoms with van der Waals surface area (Å²) in [6.07, 6.45) is 51.0. The summed E-state index contributed by atoms with van der Waals surface area (Å²) >= 11 is 0. The summed E-state index contributed by atoms with van der Waals surface area (Å²) in [6.45, 7) is 1.83. The number of amides is 1. The van der Waals surface area contributed by atoms with Crippen LogP contribution in [-0.2, 0) is 33.2 Å². The topological polar surface area (TPSA) is 307 Å². The molecule has 17 unspecified atom stereocenters. The van der Waals surface area contributed by atoms with Crippen molar-refractivity contribution >= 4 is 5.91 Å². The van der Waals surface area contributed by atoms with Gasteiger partial charge in [-0.1, -0.05) is 326 Å². The Morgan fingerprint density at radius 1 is 0.356 bits per heavy atom. The minimum Gasteiger partial charge on any atom is -0.394 e. The molecule has 0 spiro atoms. The molecule has 3 aliphatic heterocycles. The quantitative estimate of drug-likeness (QED) is 0.0199. The van der Waals surface area contributed by atoms with Crippen LogP contribution in [0.5, 0.6) is 0 Å². The summed E-state index contributed by atoms with van der Waals surface area (Å²) in [6, 6.07) is -0.894. The maximum Gasteiger partial charge on any atom is 0.220 e. The predicted molar refractivity (Wildman–Crippen MR) is 402 cm³/mol. The summed E-state index contributed by atoms with van der Waals surface area (Å²) in [5.41, 5.74) is 0. The van der Waals surface area contributed by atoms with Gasteiger partial charge in [0.2, 0.25) is 5.91 Å². The molecule has 0 saturated carbocycles. The standard InChI is InChI=1S/C82H153NO18/c1-3-5-7-9-11-13-15-17-19-21-23-25-27-28-29-30-31-32-33-34-35-36-38-39-41-43-45-47-49-51-53-55-57-59-66(87)65(83-70(88)60-58-56-54-52-50-48-46-44-42-40-37-26-24-22-20-18-16-14-12-10-8-6-4-2)64-96-80-76(94)73(91)78(68(62-85)98-80)101-82-77(95)74(92)79(69(63-86)99-82)100-81-75(93)72(90)71(89)67(61-84)97-81/h16,18,22,24,37,40,65-69,71-82,84-87,89-95H,3-15,17,19-21,23,25-36,38-39,41-64H2,1-2H3,(H,83,88)/b18-16-,24-22-,40-37-. The Labute approximate surface area is 612 Å². The van der Waals surface area contributed by atoms with Gasteiger partial charge in [-0.2, -0.15) is 0 Å². The van der Waals surface area contributed by atoms with Gasteiger partial charge in [0.25, 0.3) is 0 Å². The van der Waals surface area contributed by atoms with Crippen LogP contribution in [0.1, 0.15) is 348 Å². The van der Waals surface area contributed by atoms with Gasteiger partial charge in [0.1, 0.15) is 73.2 Å². The number of carbonyl (C=O) groups excluding carboxylic acids is 1. The fraction of sp³-hybridized carbons (Fsp3) is 0.915.